The van der Waals surface area contributed by atoms with Crippen LogP contribution in [0.2, 0.25) is 0 Å². The molecule has 3 heterocycles. The van der Waals surface area contributed by atoms with Gasteiger partial charge in [-0.25, -0.2) is 0 Å². The van der Waals surface area contributed by atoms with E-state index in [0.29, 0.717) is 11.8 Å². The Hall–Kier alpha value is -1.96. The summed E-state index contributed by atoms with van der Waals surface area (Å²) in [6, 6.07) is 11.5. The highest BCUT2D eigenvalue weighted by Gasteiger charge is 2.53. The zero-order chi connectivity index (χ0) is 17.1. The molecule has 128 valence electrons. The average molecular weight is 331 g/mol. The van der Waals surface area contributed by atoms with Crippen molar-refractivity contribution in [1.82, 2.24) is 4.57 Å². The number of nitrogens with zero attached hydrogens (tertiary/aromatic N) is 1. The van der Waals surface area contributed by atoms with Crippen molar-refractivity contribution in [3.8, 4) is 5.75 Å². The van der Waals surface area contributed by atoms with Crippen LogP contribution in [0.3, 0.4) is 0 Å². The van der Waals surface area contributed by atoms with Gasteiger partial charge in [-0.1, -0.05) is 11.6 Å². The van der Waals surface area contributed by atoms with Gasteiger partial charge in [0, 0.05) is 27.4 Å². The molecular weight excluding hydrogens is 306 g/mol. The van der Waals surface area contributed by atoms with Crippen molar-refractivity contribution in [2.45, 2.75) is 64.0 Å². The molecule has 2 aliphatic heterocycles. The second kappa shape index (κ2) is 4.06. The number of hydrogen-bond acceptors (Lipinski definition) is 1. The summed E-state index contributed by atoms with van der Waals surface area (Å²) < 4.78 is 9.20. The van der Waals surface area contributed by atoms with Crippen LogP contribution in [-0.4, -0.2) is 10.2 Å². The number of hydrogen-bond donors (Lipinski definition) is 0. The smallest absolute Gasteiger partial charge is 0.125 e. The topological polar surface area (TPSA) is 14.2 Å². The fourth-order valence-electron chi connectivity index (χ4n) is 6.32. The molecule has 2 bridgehead atoms. The van der Waals surface area contributed by atoms with E-state index in [4.69, 9.17) is 4.74 Å². The molecule has 25 heavy (non-hydrogen) atoms. The van der Waals surface area contributed by atoms with Crippen LogP contribution in [-0.2, 0) is 5.54 Å². The van der Waals surface area contributed by atoms with Gasteiger partial charge in [-0.05, 0) is 83.1 Å². The highest BCUT2D eigenvalue weighted by Crippen LogP contribution is 2.61. The maximum atomic E-state index is 6.55. The number of aryl methyl sites for hydroxylation is 1. The lowest BCUT2D eigenvalue weighted by Gasteiger charge is -2.55. The molecule has 3 atom stereocenters. The molecule has 1 fully saturated rings. The third-order valence-corrected chi connectivity index (χ3v) is 7.42. The highest BCUT2D eigenvalue weighted by molar-refractivity contribution is 6.10. The summed E-state index contributed by atoms with van der Waals surface area (Å²) in [5.74, 6) is 2.48. The fourth-order valence-corrected chi connectivity index (χ4v) is 6.32. The van der Waals surface area contributed by atoms with E-state index in [1.165, 1.54) is 52.2 Å². The lowest BCUT2D eigenvalue weighted by molar-refractivity contribution is -0.0257. The molecule has 6 rings (SSSR count). The monoisotopic (exact) mass is 331 g/mol. The molecule has 2 aromatic carbocycles. The third-order valence-electron chi connectivity index (χ3n) is 7.42. The Labute approximate surface area is 148 Å². The largest absolute Gasteiger partial charge is 0.487 e. The molecule has 2 nitrogen and oxygen atoms in total. The average Bonchev–Trinajstić information content (AvgIpc) is 2.87. The standard InChI is InChI=1S/C23H25NO/c1-13-5-7-18-15(11-13)14-6-8-19-20-16-12-23(4,25-19)10-9-17(16)22(2,3)24(18)21(14)20/h5-8,11,16-17H,9-10,12H2,1-4H3/t16-,17+,23-/m0/s1. The van der Waals surface area contributed by atoms with Crippen molar-refractivity contribution in [1.29, 1.82) is 0 Å². The van der Waals surface area contributed by atoms with E-state index in [2.05, 4.69) is 62.6 Å². The minimum absolute atomic E-state index is 0.0305. The number of ether oxygens (including phenoxy) is 1. The first-order valence-corrected chi connectivity index (χ1v) is 9.66. The van der Waals surface area contributed by atoms with Crippen LogP contribution in [0, 0.1) is 12.8 Å². The Morgan fingerprint density at radius 2 is 1.92 bits per heavy atom. The van der Waals surface area contributed by atoms with E-state index in [0.717, 1.165) is 5.75 Å². The molecule has 3 aromatic rings. The molecule has 0 amide bonds. The lowest BCUT2D eigenvalue weighted by atomic mass is 9.60. The van der Waals surface area contributed by atoms with Gasteiger partial charge in [0.1, 0.15) is 11.4 Å². The van der Waals surface area contributed by atoms with Crippen LogP contribution in [0.1, 0.15) is 57.1 Å². The van der Waals surface area contributed by atoms with Gasteiger partial charge in [0.15, 0.2) is 0 Å². The summed E-state index contributed by atoms with van der Waals surface area (Å²) in [6.45, 7) is 9.44. The van der Waals surface area contributed by atoms with Gasteiger partial charge in [0.25, 0.3) is 0 Å². The van der Waals surface area contributed by atoms with E-state index in [1.54, 1.807) is 0 Å². The molecule has 0 N–H and O–H groups in total. The third kappa shape index (κ3) is 1.53. The van der Waals surface area contributed by atoms with Crippen LogP contribution in [0.25, 0.3) is 21.8 Å². The maximum Gasteiger partial charge on any atom is 0.125 e. The number of benzene rings is 2. The van der Waals surface area contributed by atoms with Gasteiger partial charge in [-0.15, -0.1) is 0 Å². The van der Waals surface area contributed by atoms with Crippen molar-refractivity contribution in [2.24, 2.45) is 5.92 Å². The number of aromatic nitrogens is 1. The van der Waals surface area contributed by atoms with Crippen molar-refractivity contribution in [3.05, 3.63) is 41.5 Å². The predicted molar refractivity (Wildman–Crippen MR) is 103 cm³/mol. The first-order valence-electron chi connectivity index (χ1n) is 9.66. The molecule has 0 unspecified atom stereocenters. The van der Waals surface area contributed by atoms with Crippen LogP contribution >= 0.6 is 0 Å². The molecule has 0 saturated heterocycles. The van der Waals surface area contributed by atoms with Gasteiger partial charge in [0.2, 0.25) is 0 Å². The number of rotatable bonds is 0. The second-order valence-electron chi connectivity index (χ2n) is 9.39. The summed E-state index contributed by atoms with van der Waals surface area (Å²) in [5, 5.41) is 2.81. The summed E-state index contributed by atoms with van der Waals surface area (Å²) >= 11 is 0. The first kappa shape index (κ1) is 14.2. The van der Waals surface area contributed by atoms with Gasteiger partial charge in [0.05, 0.1) is 5.52 Å². The van der Waals surface area contributed by atoms with E-state index < -0.39 is 0 Å². The Balaban J connectivity index is 1.85. The SMILES string of the molecule is Cc1ccc2c(c1)c1ccc3c4c1n2C(C)(C)[C@@H]1CC[C@@](C)(C[C@H]41)O3. The minimum atomic E-state index is 0.0305. The Morgan fingerprint density at radius 1 is 1.08 bits per heavy atom. The van der Waals surface area contributed by atoms with Crippen LogP contribution in [0.5, 0.6) is 5.75 Å². The van der Waals surface area contributed by atoms with E-state index in [1.807, 2.05) is 0 Å². The molecule has 0 spiro atoms. The fraction of sp³-hybridized carbons (Fsp3) is 0.478. The Morgan fingerprint density at radius 3 is 2.76 bits per heavy atom. The summed E-state index contributed by atoms with van der Waals surface area (Å²) in [5.41, 5.74) is 5.83. The highest BCUT2D eigenvalue weighted by atomic mass is 16.5. The summed E-state index contributed by atoms with van der Waals surface area (Å²) in [7, 11) is 0. The van der Waals surface area contributed by atoms with Crippen molar-refractivity contribution in [2.75, 3.05) is 0 Å². The van der Waals surface area contributed by atoms with E-state index >= 15 is 0 Å². The molecule has 1 aliphatic carbocycles. The summed E-state index contributed by atoms with van der Waals surface area (Å²) in [4.78, 5) is 0. The maximum absolute atomic E-state index is 6.55. The molecule has 1 saturated carbocycles. The van der Waals surface area contributed by atoms with Gasteiger partial charge in [-0.3, -0.25) is 0 Å². The van der Waals surface area contributed by atoms with Crippen LogP contribution in [0.4, 0.5) is 0 Å². The lowest BCUT2D eigenvalue weighted by Crippen LogP contribution is -2.52. The molecule has 2 heteroatoms. The van der Waals surface area contributed by atoms with Crippen molar-refractivity contribution >= 4 is 21.8 Å². The van der Waals surface area contributed by atoms with Crippen LogP contribution in [0.15, 0.2) is 30.3 Å². The normalized spacial score (nSPS) is 31.5. The van der Waals surface area contributed by atoms with Gasteiger partial charge < -0.3 is 9.30 Å². The number of fused-ring (bicyclic) bond motifs is 4. The zero-order valence-electron chi connectivity index (χ0n) is 15.5. The van der Waals surface area contributed by atoms with Gasteiger partial charge in [-0.2, -0.15) is 0 Å². The van der Waals surface area contributed by atoms with Crippen LogP contribution < -0.4 is 4.74 Å². The second-order valence-corrected chi connectivity index (χ2v) is 9.39. The van der Waals surface area contributed by atoms with Crippen molar-refractivity contribution in [3.63, 3.8) is 0 Å². The molecular formula is C23H25NO. The molecule has 0 radical (unpaired) electrons. The Bertz CT molecular complexity index is 1070. The first-order chi connectivity index (χ1) is 11.9. The molecule has 1 aromatic heterocycles. The van der Waals surface area contributed by atoms with Gasteiger partial charge >= 0.3 is 0 Å². The minimum Gasteiger partial charge on any atom is -0.487 e. The molecule has 3 aliphatic rings. The zero-order valence-corrected chi connectivity index (χ0v) is 15.5. The van der Waals surface area contributed by atoms with Crippen molar-refractivity contribution < 1.29 is 4.74 Å². The quantitative estimate of drug-likeness (QED) is 0.501. The summed E-state index contributed by atoms with van der Waals surface area (Å²) in [6.07, 6.45) is 3.60. The van der Waals surface area contributed by atoms with E-state index in [9.17, 15) is 0 Å². The predicted octanol–water partition coefficient (Wildman–Crippen LogP) is 5.89. The Kier molecular flexibility index (Phi) is 2.31. The van der Waals surface area contributed by atoms with E-state index in [-0.39, 0.29) is 11.1 Å².